The Morgan fingerprint density at radius 2 is 2.08 bits per heavy atom. The molecule has 2 unspecified atom stereocenters. The Hall–Kier alpha value is 0.0200. The summed E-state index contributed by atoms with van der Waals surface area (Å²) in [5.41, 5.74) is 0. The molecule has 0 aliphatic rings. The lowest BCUT2D eigenvalue weighted by Crippen LogP contribution is -2.32. The first-order chi connectivity index (χ1) is 5.83. The minimum absolute atomic E-state index is 0.0282. The van der Waals surface area contributed by atoms with Crippen LogP contribution in [0.2, 0.25) is 0 Å². The number of nitrogens with two attached hydrogens (primary N) is 1. The highest BCUT2D eigenvalue weighted by Gasteiger charge is 2.06. The molecular formula is C6H16N2O3S2. The lowest BCUT2D eigenvalue weighted by atomic mass is 10.5. The van der Waals surface area contributed by atoms with Crippen LogP contribution < -0.4 is 10.5 Å². The van der Waals surface area contributed by atoms with Gasteiger partial charge in [-0.15, -0.1) is 0 Å². The van der Waals surface area contributed by atoms with Crippen molar-refractivity contribution in [3.05, 3.63) is 0 Å². The van der Waals surface area contributed by atoms with Crippen molar-refractivity contribution in [2.24, 2.45) is 5.14 Å². The van der Waals surface area contributed by atoms with Crippen molar-refractivity contribution >= 4 is 20.8 Å². The number of nitrogens with one attached hydrogen (secondary N) is 1. The van der Waals surface area contributed by atoms with Crippen LogP contribution in [0, 0.1) is 0 Å². The minimum Gasteiger partial charge on any atom is -0.314 e. The number of rotatable bonds is 6. The van der Waals surface area contributed by atoms with Crippen molar-refractivity contribution in [3.63, 3.8) is 0 Å². The van der Waals surface area contributed by atoms with Gasteiger partial charge in [-0.05, 0) is 6.92 Å². The Bertz CT molecular complexity index is 263. The van der Waals surface area contributed by atoms with Crippen molar-refractivity contribution < 1.29 is 12.6 Å². The summed E-state index contributed by atoms with van der Waals surface area (Å²) in [4.78, 5) is 0. The van der Waals surface area contributed by atoms with Crippen LogP contribution in [-0.2, 0) is 20.8 Å². The molecule has 0 aromatic heterocycles. The quantitative estimate of drug-likeness (QED) is 0.549. The van der Waals surface area contributed by atoms with E-state index >= 15 is 0 Å². The van der Waals surface area contributed by atoms with Crippen molar-refractivity contribution in [3.8, 4) is 0 Å². The molecule has 7 heteroatoms. The van der Waals surface area contributed by atoms with Gasteiger partial charge in [-0.25, -0.2) is 13.6 Å². The highest BCUT2D eigenvalue weighted by atomic mass is 32.2. The van der Waals surface area contributed by atoms with Gasteiger partial charge < -0.3 is 5.32 Å². The molecule has 0 saturated carbocycles. The second-order valence-electron chi connectivity index (χ2n) is 2.88. The predicted molar refractivity (Wildman–Crippen MR) is 54.4 cm³/mol. The number of primary sulfonamides is 1. The molecule has 2 atom stereocenters. The Kier molecular flexibility index (Phi) is 5.70. The molecule has 0 spiro atoms. The average Bonchev–Trinajstić information content (AvgIpc) is 1.95. The van der Waals surface area contributed by atoms with Crippen LogP contribution in [0.4, 0.5) is 0 Å². The second-order valence-corrected chi connectivity index (χ2v) is 6.42. The van der Waals surface area contributed by atoms with E-state index in [0.29, 0.717) is 13.1 Å². The largest absolute Gasteiger partial charge is 0.314 e. The Morgan fingerprint density at radius 1 is 1.54 bits per heavy atom. The summed E-state index contributed by atoms with van der Waals surface area (Å²) in [7, 11) is -4.26. The fraction of sp³-hybridized carbons (Fsp3) is 1.00. The van der Waals surface area contributed by atoms with Crippen molar-refractivity contribution in [1.82, 2.24) is 5.32 Å². The SMILES string of the molecule is CC(CNCCS(N)(=O)=O)S(C)=O. The van der Waals surface area contributed by atoms with Crippen LogP contribution in [0.1, 0.15) is 6.92 Å². The maximum Gasteiger partial charge on any atom is 0.210 e. The van der Waals surface area contributed by atoms with E-state index in [0.717, 1.165) is 0 Å². The molecule has 0 heterocycles. The van der Waals surface area contributed by atoms with Crippen LogP contribution in [0.15, 0.2) is 0 Å². The summed E-state index contributed by atoms with van der Waals surface area (Å²) in [6.07, 6.45) is 1.62. The van der Waals surface area contributed by atoms with Gasteiger partial charge in [0.1, 0.15) is 0 Å². The second kappa shape index (κ2) is 5.69. The van der Waals surface area contributed by atoms with Gasteiger partial charge in [0.05, 0.1) is 5.75 Å². The third-order valence-corrected chi connectivity index (χ3v) is 3.63. The topological polar surface area (TPSA) is 89.3 Å². The van der Waals surface area contributed by atoms with E-state index in [1.165, 1.54) is 0 Å². The lowest BCUT2D eigenvalue weighted by Gasteiger charge is -2.08. The van der Waals surface area contributed by atoms with Gasteiger partial charge in [-0.1, -0.05) is 0 Å². The van der Waals surface area contributed by atoms with E-state index in [1.54, 1.807) is 6.26 Å². The Labute approximate surface area is 81.6 Å². The number of hydrogen-bond donors (Lipinski definition) is 2. The molecule has 0 rings (SSSR count). The van der Waals surface area contributed by atoms with E-state index < -0.39 is 20.8 Å². The third kappa shape index (κ3) is 8.35. The molecule has 3 N–H and O–H groups in total. The fourth-order valence-electron chi connectivity index (χ4n) is 0.637. The Balaban J connectivity index is 3.53. The van der Waals surface area contributed by atoms with E-state index in [9.17, 15) is 12.6 Å². The molecule has 0 aliphatic carbocycles. The summed E-state index contributed by atoms with van der Waals surface area (Å²) in [6.45, 7) is 2.68. The molecule has 0 aromatic rings. The first-order valence-electron chi connectivity index (χ1n) is 3.86. The van der Waals surface area contributed by atoms with E-state index in [2.05, 4.69) is 5.32 Å². The predicted octanol–water partition coefficient (Wildman–Crippen LogP) is -1.37. The van der Waals surface area contributed by atoms with E-state index in [1.807, 2.05) is 6.92 Å². The molecule has 0 bridgehead atoms. The fourth-order valence-corrected chi connectivity index (χ4v) is 1.42. The van der Waals surface area contributed by atoms with Crippen molar-refractivity contribution in [1.29, 1.82) is 0 Å². The van der Waals surface area contributed by atoms with Crippen molar-refractivity contribution in [2.45, 2.75) is 12.2 Å². The summed E-state index contributed by atoms with van der Waals surface area (Å²) in [5.74, 6) is -0.0872. The van der Waals surface area contributed by atoms with Gasteiger partial charge in [0.25, 0.3) is 0 Å². The first-order valence-corrected chi connectivity index (χ1v) is 7.20. The van der Waals surface area contributed by atoms with Gasteiger partial charge in [-0.2, -0.15) is 0 Å². The maximum atomic E-state index is 10.9. The van der Waals surface area contributed by atoms with E-state index in [4.69, 9.17) is 5.14 Å². The van der Waals surface area contributed by atoms with Crippen molar-refractivity contribution in [2.75, 3.05) is 25.1 Å². The molecule has 0 aromatic carbocycles. The summed E-state index contributed by atoms with van der Waals surface area (Å²) >= 11 is 0. The molecule has 0 saturated heterocycles. The summed E-state index contributed by atoms with van der Waals surface area (Å²) < 4.78 is 31.8. The molecule has 80 valence electrons. The smallest absolute Gasteiger partial charge is 0.210 e. The third-order valence-electron chi connectivity index (χ3n) is 1.56. The minimum atomic E-state index is -3.38. The standard InChI is InChI=1S/C6H16N2O3S2/c1-6(12(2)9)5-8-3-4-13(7,10)11/h6,8H,3-5H2,1-2H3,(H2,7,10,11). The maximum absolute atomic E-state index is 10.9. The molecule has 13 heavy (non-hydrogen) atoms. The zero-order chi connectivity index (χ0) is 10.5. The van der Waals surface area contributed by atoms with Gasteiger partial charge in [-0.3, -0.25) is 4.21 Å². The zero-order valence-corrected chi connectivity index (χ0v) is 9.45. The molecule has 0 amide bonds. The molecule has 0 aliphatic heterocycles. The van der Waals surface area contributed by atoms with Crippen LogP contribution >= 0.6 is 0 Å². The lowest BCUT2D eigenvalue weighted by molar-refractivity contribution is 0.592. The molecule has 5 nitrogen and oxygen atoms in total. The summed E-state index contributed by atoms with van der Waals surface area (Å²) in [6, 6.07) is 0. The normalized spacial score (nSPS) is 16.8. The molecular weight excluding hydrogens is 212 g/mol. The Morgan fingerprint density at radius 3 is 2.46 bits per heavy atom. The summed E-state index contributed by atoms with van der Waals surface area (Å²) in [5, 5.41) is 7.68. The first kappa shape index (κ1) is 13.0. The highest BCUT2D eigenvalue weighted by molar-refractivity contribution is 7.89. The van der Waals surface area contributed by atoms with Gasteiger partial charge in [0, 0.05) is 35.4 Å². The number of sulfonamides is 1. The van der Waals surface area contributed by atoms with Gasteiger partial charge in [0.2, 0.25) is 10.0 Å². The van der Waals surface area contributed by atoms with Gasteiger partial charge >= 0.3 is 0 Å². The van der Waals surface area contributed by atoms with Crippen LogP contribution in [0.25, 0.3) is 0 Å². The van der Waals surface area contributed by atoms with Crippen LogP contribution in [0.5, 0.6) is 0 Å². The molecule has 0 fully saturated rings. The van der Waals surface area contributed by atoms with Gasteiger partial charge in [0.15, 0.2) is 0 Å². The molecule has 0 radical (unpaired) electrons. The van der Waals surface area contributed by atoms with E-state index in [-0.39, 0.29) is 11.0 Å². The average molecular weight is 228 g/mol. The zero-order valence-electron chi connectivity index (χ0n) is 7.82. The van der Waals surface area contributed by atoms with Crippen LogP contribution in [0.3, 0.4) is 0 Å². The van der Waals surface area contributed by atoms with Crippen LogP contribution in [-0.4, -0.2) is 43.0 Å². The monoisotopic (exact) mass is 228 g/mol. The number of hydrogen-bond acceptors (Lipinski definition) is 4. The highest BCUT2D eigenvalue weighted by Crippen LogP contribution is 1.89.